The summed E-state index contributed by atoms with van der Waals surface area (Å²) in [7, 11) is 0. The molecule has 2 aromatic heterocycles. The van der Waals surface area contributed by atoms with Crippen LogP contribution in [0, 0.1) is 29.9 Å². The minimum atomic E-state index is -1.07. The average molecular weight is 387 g/mol. The Kier molecular flexibility index (Phi) is 5.13. The summed E-state index contributed by atoms with van der Waals surface area (Å²) in [5.74, 6) is -2.52. The van der Waals surface area contributed by atoms with Crippen molar-refractivity contribution in [2.45, 2.75) is 26.3 Å². The molecule has 146 valence electrons. The van der Waals surface area contributed by atoms with Crippen LogP contribution in [0.25, 0.3) is 10.9 Å². The molecule has 0 aliphatic heterocycles. The number of aryl methyl sites for hydroxylation is 1. The summed E-state index contributed by atoms with van der Waals surface area (Å²) in [5.41, 5.74) is 0.903. The second-order valence-electron chi connectivity index (χ2n) is 6.29. The van der Waals surface area contributed by atoms with Crippen molar-refractivity contribution in [2.24, 2.45) is 0 Å². The Labute approximate surface area is 161 Å². The van der Waals surface area contributed by atoms with Gasteiger partial charge in [0.25, 0.3) is 5.56 Å². The third kappa shape index (κ3) is 3.86. The molecule has 7 nitrogen and oxygen atoms in total. The molecule has 0 unspecified atom stereocenters. The summed E-state index contributed by atoms with van der Waals surface area (Å²) in [6.45, 7) is 3.42. The lowest BCUT2D eigenvalue weighted by Crippen LogP contribution is -2.30. The number of nitrogens with one attached hydrogen (secondary N) is 2. The zero-order valence-corrected chi connectivity index (χ0v) is 15.0. The molecule has 1 aromatic carbocycles. The van der Waals surface area contributed by atoms with Gasteiger partial charge in [0.2, 0.25) is 11.7 Å². The molecule has 0 aliphatic carbocycles. The number of aromatic amines is 1. The molecule has 1 amide bonds. The van der Waals surface area contributed by atoms with Crippen LogP contribution in [0.15, 0.2) is 29.2 Å². The van der Waals surface area contributed by atoms with Crippen LogP contribution in [0.5, 0.6) is 0 Å². The van der Waals surface area contributed by atoms with Crippen LogP contribution in [0.3, 0.4) is 0 Å². The first-order chi connectivity index (χ1) is 13.3. The van der Waals surface area contributed by atoms with Crippen molar-refractivity contribution in [1.29, 1.82) is 5.26 Å². The van der Waals surface area contributed by atoms with Crippen LogP contribution in [-0.2, 0) is 11.2 Å². The lowest BCUT2D eigenvalue weighted by molar-refractivity contribution is -0.121. The maximum atomic E-state index is 13.4. The fraction of sp³-hybridized carbons (Fsp3) is 0.211. The Bertz CT molecular complexity index is 1190. The van der Waals surface area contributed by atoms with Gasteiger partial charge in [-0.1, -0.05) is 0 Å². The van der Waals surface area contributed by atoms with Crippen LogP contribution in [-0.4, -0.2) is 20.9 Å². The Morgan fingerprint density at radius 1 is 1.36 bits per heavy atom. The average Bonchev–Trinajstić information content (AvgIpc) is 2.63. The van der Waals surface area contributed by atoms with Crippen molar-refractivity contribution < 1.29 is 16.4 Å². The van der Waals surface area contributed by atoms with E-state index in [2.05, 4.69) is 20.3 Å². The van der Waals surface area contributed by atoms with E-state index >= 15 is 0 Å². The summed E-state index contributed by atoms with van der Waals surface area (Å²) >= 11 is 0. The van der Waals surface area contributed by atoms with E-state index < -0.39 is 29.1 Å². The highest BCUT2D eigenvalue weighted by Gasteiger charge is 2.16. The van der Waals surface area contributed by atoms with Gasteiger partial charge in [-0.3, -0.25) is 9.59 Å². The first-order valence-corrected chi connectivity index (χ1v) is 8.32. The van der Waals surface area contributed by atoms with Gasteiger partial charge < -0.3 is 10.3 Å². The van der Waals surface area contributed by atoms with Gasteiger partial charge >= 0.3 is 0 Å². The van der Waals surface area contributed by atoms with Crippen LogP contribution in [0.4, 0.5) is 8.78 Å². The van der Waals surface area contributed by atoms with Gasteiger partial charge in [0.1, 0.15) is 6.07 Å². The third-order valence-corrected chi connectivity index (χ3v) is 4.27. The van der Waals surface area contributed by atoms with E-state index in [0.717, 1.165) is 12.1 Å². The topological polar surface area (TPSA) is 112 Å². The molecule has 0 bridgehead atoms. The van der Waals surface area contributed by atoms with E-state index in [-0.39, 0.29) is 31.6 Å². The molecule has 3 rings (SSSR count). The Balaban J connectivity index is 0.00000225. The van der Waals surface area contributed by atoms with E-state index in [1.54, 1.807) is 13.8 Å². The molecule has 0 aliphatic rings. The zero-order chi connectivity index (χ0) is 20.4. The number of hydrogen-bond donors (Lipinski definition) is 2. The molecule has 0 radical (unpaired) electrons. The molecule has 0 spiro atoms. The second-order valence-corrected chi connectivity index (χ2v) is 6.29. The van der Waals surface area contributed by atoms with Crippen LogP contribution < -0.4 is 10.9 Å². The molecule has 28 heavy (non-hydrogen) atoms. The number of pyridine rings is 1. The number of nitriles is 1. The van der Waals surface area contributed by atoms with Crippen LogP contribution in [0.1, 0.15) is 38.5 Å². The highest BCUT2D eigenvalue weighted by atomic mass is 19.2. The van der Waals surface area contributed by atoms with Crippen molar-refractivity contribution in [3.8, 4) is 6.07 Å². The number of hydrogen-bond acceptors (Lipinski definition) is 5. The van der Waals surface area contributed by atoms with Gasteiger partial charge in [-0.2, -0.15) is 5.26 Å². The summed E-state index contributed by atoms with van der Waals surface area (Å²) in [6.07, 6.45) is 1.22. The van der Waals surface area contributed by atoms with Crippen LogP contribution >= 0.6 is 0 Å². The van der Waals surface area contributed by atoms with Crippen molar-refractivity contribution in [1.82, 2.24) is 20.3 Å². The molecule has 0 fully saturated rings. The molecule has 1 atom stereocenters. The molecule has 2 heterocycles. The van der Waals surface area contributed by atoms with Gasteiger partial charge in [0, 0.05) is 37.3 Å². The second kappa shape index (κ2) is 7.52. The van der Waals surface area contributed by atoms with Crippen LogP contribution in [0.2, 0.25) is 0 Å². The van der Waals surface area contributed by atoms with E-state index in [0.29, 0.717) is 11.3 Å². The largest absolute Gasteiger partial charge is 0.349 e. The fourth-order valence-corrected chi connectivity index (χ4v) is 2.88. The molecular weight excluding hydrogens is 368 g/mol. The van der Waals surface area contributed by atoms with Gasteiger partial charge in [0.05, 0.1) is 18.0 Å². The van der Waals surface area contributed by atoms with Crippen molar-refractivity contribution in [3.05, 3.63) is 69.0 Å². The number of amides is 1. The van der Waals surface area contributed by atoms with Crippen molar-refractivity contribution >= 4 is 16.8 Å². The number of aromatic nitrogens is 3. The quantitative estimate of drug-likeness (QED) is 0.715. The van der Waals surface area contributed by atoms with E-state index in [1.165, 1.54) is 12.3 Å². The number of halogens is 2. The number of benzene rings is 1. The predicted molar refractivity (Wildman–Crippen MR) is 100 cm³/mol. The molecule has 2 N–H and O–H groups in total. The molecule has 9 heteroatoms. The van der Waals surface area contributed by atoms with Gasteiger partial charge in [0.15, 0.2) is 11.6 Å². The Hall–Kier alpha value is -3.67. The third-order valence-electron chi connectivity index (χ3n) is 4.27. The number of H-pyrrole nitrogens is 1. The number of rotatable bonds is 4. The standard InChI is InChI=1S/C19H15F2N5O2.2H2/c1-9-13(8-23-17(7-22)24-9)10(2)25-18(27)5-12-3-11-4-14(20)15(21)6-16(11)26-19(12)28;;/h3-4,6,8,10H,5H2,1-2H3,(H,25,27)(H,26,28);2*1H/t10-;;/m0../s1. The van der Waals surface area contributed by atoms with E-state index in [4.69, 9.17) is 5.26 Å². The zero-order valence-electron chi connectivity index (χ0n) is 15.0. The number of nitrogens with zero attached hydrogens (tertiary/aromatic N) is 3. The normalized spacial score (nSPS) is 11.8. The van der Waals surface area contributed by atoms with Gasteiger partial charge in [-0.05, 0) is 26.0 Å². The van der Waals surface area contributed by atoms with Gasteiger partial charge in [-0.25, -0.2) is 18.7 Å². The first kappa shape index (κ1) is 19.1. The SMILES string of the molecule is Cc1nc(C#N)ncc1[C@H](C)NC(=O)Cc1cc2cc(F)c(F)cc2[nH]c1=O.[HH].[HH]. The number of carbonyl (C=O) groups excluding carboxylic acids is 1. The lowest BCUT2D eigenvalue weighted by atomic mass is 10.1. The lowest BCUT2D eigenvalue weighted by Gasteiger charge is -2.15. The monoisotopic (exact) mass is 387 g/mol. The Morgan fingerprint density at radius 3 is 2.75 bits per heavy atom. The predicted octanol–water partition coefficient (Wildman–Crippen LogP) is 2.69. The highest BCUT2D eigenvalue weighted by Crippen LogP contribution is 2.17. The smallest absolute Gasteiger partial charge is 0.252 e. The van der Waals surface area contributed by atoms with Crippen molar-refractivity contribution in [2.75, 3.05) is 0 Å². The number of fused-ring (bicyclic) bond motifs is 1. The molecular formula is C19H19F2N5O2. The minimum Gasteiger partial charge on any atom is -0.349 e. The van der Waals surface area contributed by atoms with E-state index in [9.17, 15) is 18.4 Å². The Morgan fingerprint density at radius 2 is 2.07 bits per heavy atom. The molecule has 0 saturated carbocycles. The summed E-state index contributed by atoms with van der Waals surface area (Å²) in [4.78, 5) is 34.8. The van der Waals surface area contributed by atoms with Gasteiger partial charge in [-0.15, -0.1) is 0 Å². The molecule has 3 aromatic rings. The van der Waals surface area contributed by atoms with E-state index in [1.807, 2.05) is 6.07 Å². The van der Waals surface area contributed by atoms with Crippen molar-refractivity contribution in [3.63, 3.8) is 0 Å². The minimum absolute atomic E-state index is 0. The highest BCUT2D eigenvalue weighted by molar-refractivity contribution is 5.83. The maximum absolute atomic E-state index is 13.4. The fourth-order valence-electron chi connectivity index (χ4n) is 2.88. The molecule has 0 saturated heterocycles. The summed E-state index contributed by atoms with van der Waals surface area (Å²) < 4.78 is 26.7. The summed E-state index contributed by atoms with van der Waals surface area (Å²) in [5, 5.41) is 11.8. The maximum Gasteiger partial charge on any atom is 0.252 e. The number of carbonyl (C=O) groups is 1. The first-order valence-electron chi connectivity index (χ1n) is 8.32. The summed E-state index contributed by atoms with van der Waals surface area (Å²) in [6, 6.07) is 4.60.